The fraction of sp³-hybridized carbons (Fsp3) is 0.231. The van der Waals surface area contributed by atoms with Crippen molar-refractivity contribution in [2.24, 2.45) is 0 Å². The summed E-state index contributed by atoms with van der Waals surface area (Å²) in [6.07, 6.45) is 0.965. The molecule has 1 aliphatic heterocycles. The maximum atomic E-state index is 11.8. The number of hydrogen-bond donors (Lipinski definition) is 3. The Labute approximate surface area is 136 Å². The van der Waals surface area contributed by atoms with Crippen LogP contribution in [-0.4, -0.2) is 39.8 Å². The first-order chi connectivity index (χ1) is 11.1. The van der Waals surface area contributed by atoms with Crippen LogP contribution in [0.15, 0.2) is 30.0 Å². The van der Waals surface area contributed by atoms with Gasteiger partial charge in [0.25, 0.3) is 11.5 Å². The quantitative estimate of drug-likeness (QED) is 0.164. The number of carbonyl (C=O) groups excluding carboxylic acids is 2. The van der Waals surface area contributed by atoms with Gasteiger partial charge in [-0.2, -0.15) is 0 Å². The molecule has 126 valence electrons. The first kappa shape index (κ1) is 17.4. The Kier molecular flexibility index (Phi) is 4.58. The summed E-state index contributed by atoms with van der Waals surface area (Å²) in [6, 6.07) is 3.28. The van der Waals surface area contributed by atoms with E-state index in [4.69, 9.17) is 19.5 Å². The van der Waals surface area contributed by atoms with E-state index in [-0.39, 0.29) is 11.2 Å². The highest BCUT2D eigenvalue weighted by Gasteiger charge is 2.39. The van der Waals surface area contributed by atoms with Gasteiger partial charge in [0.05, 0.1) is 4.92 Å². The third kappa shape index (κ3) is 3.88. The van der Waals surface area contributed by atoms with E-state index < -0.39 is 41.0 Å². The summed E-state index contributed by atoms with van der Waals surface area (Å²) in [5.74, 6) is -3.22. The lowest BCUT2D eigenvalue weighted by Crippen LogP contribution is -2.42. The van der Waals surface area contributed by atoms with Gasteiger partial charge in [-0.25, -0.2) is 9.59 Å². The molecule has 1 saturated heterocycles. The second-order valence-electron chi connectivity index (χ2n) is 5.33. The van der Waals surface area contributed by atoms with Crippen molar-refractivity contribution in [2.75, 3.05) is 5.32 Å². The van der Waals surface area contributed by atoms with Crippen molar-refractivity contribution in [3.05, 3.63) is 40.1 Å². The molecule has 3 N–H and O–H groups in total. The van der Waals surface area contributed by atoms with Crippen molar-refractivity contribution >= 4 is 35.9 Å². The largest absolute Gasteiger partial charge is 0.488 e. The van der Waals surface area contributed by atoms with Gasteiger partial charge in [-0.3, -0.25) is 10.1 Å². The normalized spacial score (nSPS) is 16.1. The maximum Gasteiger partial charge on any atom is 0.488 e. The Hall–Kier alpha value is -2.92. The van der Waals surface area contributed by atoms with Crippen LogP contribution >= 0.6 is 0 Å². The number of carbonyl (C=O) groups is 2. The zero-order valence-electron chi connectivity index (χ0n) is 12.7. The van der Waals surface area contributed by atoms with Gasteiger partial charge >= 0.3 is 19.1 Å². The molecule has 10 nitrogen and oxygen atoms in total. The lowest BCUT2D eigenvalue weighted by molar-refractivity contribution is -0.384. The number of cyclic esters (lactones) is 2. The van der Waals surface area contributed by atoms with E-state index in [9.17, 15) is 19.7 Å². The highest BCUT2D eigenvalue weighted by molar-refractivity contribution is 6.58. The fourth-order valence-corrected chi connectivity index (χ4v) is 1.91. The summed E-state index contributed by atoms with van der Waals surface area (Å²) >= 11 is 0. The number of nitrogens with one attached hydrogen (secondary N) is 1. The highest BCUT2D eigenvalue weighted by Crippen LogP contribution is 2.23. The van der Waals surface area contributed by atoms with Crippen LogP contribution in [0.4, 0.5) is 11.4 Å². The number of ether oxygens (including phenoxy) is 2. The summed E-state index contributed by atoms with van der Waals surface area (Å²) in [5, 5.41) is 31.7. The van der Waals surface area contributed by atoms with E-state index >= 15 is 0 Å². The molecule has 0 amide bonds. The highest BCUT2D eigenvalue weighted by atomic mass is 16.7. The van der Waals surface area contributed by atoms with E-state index in [0.29, 0.717) is 0 Å². The van der Waals surface area contributed by atoms with Gasteiger partial charge in [0.1, 0.15) is 0 Å². The summed E-state index contributed by atoms with van der Waals surface area (Å²) in [5.41, 5.74) is -0.923. The van der Waals surface area contributed by atoms with Crippen LogP contribution in [0.2, 0.25) is 0 Å². The molecule has 0 atom stereocenters. The Bertz CT molecular complexity index is 721. The minimum absolute atomic E-state index is 0.0604. The van der Waals surface area contributed by atoms with E-state index in [1.54, 1.807) is 0 Å². The van der Waals surface area contributed by atoms with Crippen LogP contribution in [0.5, 0.6) is 0 Å². The van der Waals surface area contributed by atoms with Gasteiger partial charge in [-0.1, -0.05) is 0 Å². The molecule has 1 aromatic rings. The Morgan fingerprint density at radius 3 is 2.29 bits per heavy atom. The zero-order valence-corrected chi connectivity index (χ0v) is 12.7. The maximum absolute atomic E-state index is 11.8. The number of esters is 2. The van der Waals surface area contributed by atoms with Crippen LogP contribution in [0, 0.1) is 10.1 Å². The molecule has 1 aliphatic rings. The number of benzene rings is 1. The van der Waals surface area contributed by atoms with Crippen LogP contribution in [0.3, 0.4) is 0 Å². The molecular formula is C13H13BN2O8. The molecule has 0 unspecified atom stereocenters. The number of anilines is 1. The van der Waals surface area contributed by atoms with Crippen LogP contribution in [0.1, 0.15) is 13.8 Å². The number of nitro benzene ring substituents is 1. The van der Waals surface area contributed by atoms with Gasteiger partial charge in [-0.15, -0.1) is 0 Å². The average Bonchev–Trinajstić information content (AvgIpc) is 2.44. The summed E-state index contributed by atoms with van der Waals surface area (Å²) in [4.78, 5) is 33.7. The van der Waals surface area contributed by atoms with Crippen LogP contribution in [0.25, 0.3) is 0 Å². The fourth-order valence-electron chi connectivity index (χ4n) is 1.91. The first-order valence-electron chi connectivity index (χ1n) is 6.68. The minimum atomic E-state index is -1.93. The third-order valence-electron chi connectivity index (χ3n) is 2.95. The van der Waals surface area contributed by atoms with E-state index in [2.05, 4.69) is 5.32 Å². The molecular weight excluding hydrogens is 323 g/mol. The lowest BCUT2D eigenvalue weighted by atomic mass is 9.80. The van der Waals surface area contributed by atoms with Crippen molar-refractivity contribution < 1.29 is 34.0 Å². The zero-order chi connectivity index (χ0) is 18.1. The van der Waals surface area contributed by atoms with Gasteiger partial charge < -0.3 is 24.8 Å². The Balaban J connectivity index is 2.29. The first-order valence-corrected chi connectivity index (χ1v) is 6.68. The SMILES string of the molecule is CC1(C)OC(=O)C(=CNc2cc(B(O)O)cc([N+](=O)[O-])c2)C(=O)O1. The molecule has 1 fully saturated rings. The number of nitro groups is 1. The Morgan fingerprint density at radius 2 is 1.79 bits per heavy atom. The van der Waals surface area contributed by atoms with Crippen molar-refractivity contribution in [1.29, 1.82) is 0 Å². The molecule has 0 saturated carbocycles. The molecule has 2 rings (SSSR count). The van der Waals surface area contributed by atoms with E-state index in [0.717, 1.165) is 18.3 Å². The van der Waals surface area contributed by atoms with E-state index in [1.807, 2.05) is 0 Å². The average molecular weight is 336 g/mol. The van der Waals surface area contributed by atoms with Crippen molar-refractivity contribution in [2.45, 2.75) is 19.6 Å². The third-order valence-corrected chi connectivity index (χ3v) is 2.95. The molecule has 0 radical (unpaired) electrons. The minimum Gasteiger partial charge on any atom is -0.423 e. The van der Waals surface area contributed by atoms with Gasteiger partial charge in [0.15, 0.2) is 5.57 Å². The smallest absolute Gasteiger partial charge is 0.423 e. The van der Waals surface area contributed by atoms with Gasteiger partial charge in [0, 0.05) is 37.9 Å². The van der Waals surface area contributed by atoms with Crippen molar-refractivity contribution in [1.82, 2.24) is 0 Å². The molecule has 0 aliphatic carbocycles. The lowest BCUT2D eigenvalue weighted by Gasteiger charge is -2.29. The second kappa shape index (κ2) is 6.30. The molecule has 24 heavy (non-hydrogen) atoms. The molecule has 0 aromatic heterocycles. The molecule has 1 heterocycles. The molecule has 0 spiro atoms. The second-order valence-corrected chi connectivity index (χ2v) is 5.33. The van der Waals surface area contributed by atoms with Crippen molar-refractivity contribution in [3.63, 3.8) is 0 Å². The molecule has 11 heteroatoms. The van der Waals surface area contributed by atoms with Gasteiger partial charge in [0.2, 0.25) is 0 Å². The summed E-state index contributed by atoms with van der Waals surface area (Å²) in [6.45, 7) is 2.78. The summed E-state index contributed by atoms with van der Waals surface area (Å²) in [7, 11) is -1.93. The van der Waals surface area contributed by atoms with E-state index in [1.165, 1.54) is 19.9 Å². The van der Waals surface area contributed by atoms with Crippen molar-refractivity contribution in [3.8, 4) is 0 Å². The molecule has 0 bridgehead atoms. The Morgan fingerprint density at radius 1 is 1.21 bits per heavy atom. The number of rotatable bonds is 4. The van der Waals surface area contributed by atoms with Crippen LogP contribution in [-0.2, 0) is 19.1 Å². The number of hydrogen-bond acceptors (Lipinski definition) is 9. The predicted octanol–water partition coefficient (Wildman–Crippen LogP) is -0.594. The monoisotopic (exact) mass is 336 g/mol. The molecule has 1 aromatic carbocycles. The number of nitrogens with zero attached hydrogens (tertiary/aromatic N) is 1. The van der Waals surface area contributed by atoms with Crippen LogP contribution < -0.4 is 10.8 Å². The number of non-ortho nitro benzene ring substituents is 1. The topological polar surface area (TPSA) is 148 Å². The van der Waals surface area contributed by atoms with Gasteiger partial charge in [-0.05, 0) is 11.5 Å². The standard InChI is InChI=1S/C13H13BN2O8/c1-13(2)23-11(17)10(12(18)24-13)6-15-8-3-7(14(19)20)4-9(5-8)16(21)22/h3-6,15,19-20H,1-2H3. The summed E-state index contributed by atoms with van der Waals surface area (Å²) < 4.78 is 9.78. The predicted molar refractivity (Wildman–Crippen MR) is 80.9 cm³/mol.